The summed E-state index contributed by atoms with van der Waals surface area (Å²) >= 11 is 5.89. The number of rotatable bonds is 4. The van der Waals surface area contributed by atoms with Crippen molar-refractivity contribution in [3.05, 3.63) is 23.2 Å². The highest BCUT2D eigenvalue weighted by Crippen LogP contribution is 2.28. The molecule has 0 aliphatic carbocycles. The van der Waals surface area contributed by atoms with Crippen LogP contribution in [0.5, 0.6) is 11.5 Å². The third kappa shape index (κ3) is 2.81. The molecule has 1 aromatic rings. The second-order valence-electron chi connectivity index (χ2n) is 2.46. The molecule has 0 radical (unpaired) electrons. The zero-order valence-corrected chi connectivity index (χ0v) is 8.60. The summed E-state index contributed by atoms with van der Waals surface area (Å²) in [4.78, 5) is 0. The first-order valence-corrected chi connectivity index (χ1v) is 4.70. The molecule has 1 aromatic carbocycles. The van der Waals surface area contributed by atoms with Crippen molar-refractivity contribution in [3.63, 3.8) is 0 Å². The van der Waals surface area contributed by atoms with Gasteiger partial charge in [0, 0.05) is 6.07 Å². The highest BCUT2D eigenvalue weighted by Gasteiger charge is 2.02. The molecule has 0 aromatic heterocycles. The zero-order chi connectivity index (χ0) is 9.68. The van der Waals surface area contributed by atoms with Crippen molar-refractivity contribution in [2.24, 2.45) is 0 Å². The van der Waals surface area contributed by atoms with Gasteiger partial charge in [-0.1, -0.05) is 11.6 Å². The van der Waals surface area contributed by atoms with Crippen LogP contribution in [0.4, 0.5) is 0 Å². The van der Waals surface area contributed by atoms with E-state index < -0.39 is 0 Å². The van der Waals surface area contributed by atoms with E-state index in [1.807, 2.05) is 19.9 Å². The third-order valence-corrected chi connectivity index (χ3v) is 1.83. The van der Waals surface area contributed by atoms with Crippen molar-refractivity contribution in [3.8, 4) is 11.5 Å². The lowest BCUT2D eigenvalue weighted by Crippen LogP contribution is -1.95. The van der Waals surface area contributed by atoms with E-state index in [1.165, 1.54) is 0 Å². The molecule has 72 valence electrons. The maximum Gasteiger partial charge on any atom is 0.141 e. The lowest BCUT2D eigenvalue weighted by molar-refractivity contribution is 0.323. The highest BCUT2D eigenvalue weighted by atomic mass is 35.5. The lowest BCUT2D eigenvalue weighted by Gasteiger charge is -2.08. The van der Waals surface area contributed by atoms with Crippen LogP contribution in [0.3, 0.4) is 0 Å². The number of hydrogen-bond acceptors (Lipinski definition) is 2. The molecule has 0 bridgehead atoms. The molecular weight excluding hydrogens is 188 g/mol. The number of hydrogen-bond donors (Lipinski definition) is 0. The van der Waals surface area contributed by atoms with Gasteiger partial charge in [0.25, 0.3) is 0 Å². The predicted octanol–water partition coefficient (Wildman–Crippen LogP) is 3.14. The highest BCUT2D eigenvalue weighted by molar-refractivity contribution is 6.32. The molecule has 0 atom stereocenters. The fourth-order valence-corrected chi connectivity index (χ4v) is 1.18. The fraction of sp³-hybridized carbons (Fsp3) is 0.400. The summed E-state index contributed by atoms with van der Waals surface area (Å²) in [5.41, 5.74) is 0. The normalized spacial score (nSPS) is 9.77. The summed E-state index contributed by atoms with van der Waals surface area (Å²) in [5, 5.41) is 0.616. The first-order chi connectivity index (χ1) is 6.27. The minimum Gasteiger partial charge on any atom is -0.494 e. The smallest absolute Gasteiger partial charge is 0.141 e. The molecule has 3 heteroatoms. The summed E-state index contributed by atoms with van der Waals surface area (Å²) in [6.07, 6.45) is 0. The molecule has 0 saturated heterocycles. The molecule has 0 aliphatic heterocycles. The van der Waals surface area contributed by atoms with Gasteiger partial charge >= 0.3 is 0 Å². The Morgan fingerprint density at radius 1 is 1.15 bits per heavy atom. The van der Waals surface area contributed by atoms with E-state index >= 15 is 0 Å². The van der Waals surface area contributed by atoms with Gasteiger partial charge in [0.2, 0.25) is 0 Å². The van der Waals surface area contributed by atoms with E-state index in [4.69, 9.17) is 21.1 Å². The molecule has 0 saturated carbocycles. The van der Waals surface area contributed by atoms with Gasteiger partial charge in [0.15, 0.2) is 0 Å². The Bertz CT molecular complexity index is 274. The monoisotopic (exact) mass is 200 g/mol. The average Bonchev–Trinajstić information content (AvgIpc) is 2.12. The summed E-state index contributed by atoms with van der Waals surface area (Å²) in [6.45, 7) is 5.11. The first kappa shape index (κ1) is 10.2. The molecule has 0 N–H and O–H groups in total. The largest absolute Gasteiger partial charge is 0.494 e. The molecule has 0 aliphatic rings. The molecule has 0 amide bonds. The maximum atomic E-state index is 5.89. The van der Waals surface area contributed by atoms with E-state index in [0.717, 1.165) is 5.75 Å². The molecule has 2 nitrogen and oxygen atoms in total. The van der Waals surface area contributed by atoms with Crippen LogP contribution in [0.15, 0.2) is 18.2 Å². The van der Waals surface area contributed by atoms with E-state index in [2.05, 4.69) is 0 Å². The summed E-state index contributed by atoms with van der Waals surface area (Å²) in [5.74, 6) is 1.46. The second kappa shape index (κ2) is 4.97. The van der Waals surface area contributed by atoms with E-state index in [1.54, 1.807) is 12.1 Å². The standard InChI is InChI=1S/C10H13ClO2/c1-3-12-8-5-6-9(11)10(7-8)13-4-2/h5-7H,3-4H2,1-2H3. The zero-order valence-electron chi connectivity index (χ0n) is 7.84. The van der Waals surface area contributed by atoms with Crippen molar-refractivity contribution in [1.29, 1.82) is 0 Å². The maximum absolute atomic E-state index is 5.89. The quantitative estimate of drug-likeness (QED) is 0.744. The van der Waals surface area contributed by atoms with Crippen LogP contribution in [0, 0.1) is 0 Å². The van der Waals surface area contributed by atoms with Crippen molar-refractivity contribution < 1.29 is 9.47 Å². The summed E-state index contributed by atoms with van der Waals surface area (Å²) < 4.78 is 10.6. The fourth-order valence-electron chi connectivity index (χ4n) is 1.01. The van der Waals surface area contributed by atoms with Crippen LogP contribution in [-0.4, -0.2) is 13.2 Å². The SMILES string of the molecule is CCOc1ccc(Cl)c(OCC)c1. The molecule has 0 heterocycles. The summed E-state index contributed by atoms with van der Waals surface area (Å²) in [7, 11) is 0. The predicted molar refractivity (Wildman–Crippen MR) is 53.8 cm³/mol. The minimum atomic E-state index is 0.606. The van der Waals surface area contributed by atoms with Crippen LogP contribution < -0.4 is 9.47 Å². The van der Waals surface area contributed by atoms with Crippen molar-refractivity contribution >= 4 is 11.6 Å². The van der Waals surface area contributed by atoms with E-state index in [9.17, 15) is 0 Å². The molecule has 0 spiro atoms. The molecule has 13 heavy (non-hydrogen) atoms. The number of ether oxygens (including phenoxy) is 2. The first-order valence-electron chi connectivity index (χ1n) is 4.33. The van der Waals surface area contributed by atoms with Gasteiger partial charge in [-0.15, -0.1) is 0 Å². The average molecular weight is 201 g/mol. The summed E-state index contributed by atoms with van der Waals surface area (Å²) in [6, 6.07) is 5.40. The lowest BCUT2D eigenvalue weighted by atomic mass is 10.3. The van der Waals surface area contributed by atoms with Gasteiger partial charge in [-0.05, 0) is 26.0 Å². The molecule has 0 unspecified atom stereocenters. The Labute approximate surface area is 83.4 Å². The third-order valence-electron chi connectivity index (χ3n) is 1.51. The number of benzene rings is 1. The Morgan fingerprint density at radius 2 is 1.85 bits per heavy atom. The Kier molecular flexibility index (Phi) is 3.90. The minimum absolute atomic E-state index is 0.606. The molecular formula is C10H13ClO2. The van der Waals surface area contributed by atoms with Crippen LogP contribution in [0.25, 0.3) is 0 Å². The number of halogens is 1. The van der Waals surface area contributed by atoms with E-state index in [0.29, 0.717) is 24.0 Å². The van der Waals surface area contributed by atoms with Crippen molar-refractivity contribution in [1.82, 2.24) is 0 Å². The Balaban J connectivity index is 2.83. The van der Waals surface area contributed by atoms with E-state index in [-0.39, 0.29) is 0 Å². The Hall–Kier alpha value is -0.890. The van der Waals surface area contributed by atoms with Crippen molar-refractivity contribution in [2.45, 2.75) is 13.8 Å². The topological polar surface area (TPSA) is 18.5 Å². The van der Waals surface area contributed by atoms with Crippen LogP contribution in [0.2, 0.25) is 5.02 Å². The molecule has 1 rings (SSSR count). The van der Waals surface area contributed by atoms with Gasteiger partial charge < -0.3 is 9.47 Å². The van der Waals surface area contributed by atoms with Gasteiger partial charge in [0.05, 0.1) is 18.2 Å². The van der Waals surface area contributed by atoms with Crippen LogP contribution in [0.1, 0.15) is 13.8 Å². The molecule has 0 fully saturated rings. The van der Waals surface area contributed by atoms with Gasteiger partial charge in [-0.25, -0.2) is 0 Å². The second-order valence-corrected chi connectivity index (χ2v) is 2.87. The van der Waals surface area contributed by atoms with Gasteiger partial charge in [-0.3, -0.25) is 0 Å². The van der Waals surface area contributed by atoms with Crippen LogP contribution >= 0.6 is 11.6 Å². The Morgan fingerprint density at radius 3 is 2.46 bits per heavy atom. The van der Waals surface area contributed by atoms with Gasteiger partial charge in [-0.2, -0.15) is 0 Å². The van der Waals surface area contributed by atoms with Gasteiger partial charge in [0.1, 0.15) is 11.5 Å². The van der Waals surface area contributed by atoms with Crippen LogP contribution in [-0.2, 0) is 0 Å². The van der Waals surface area contributed by atoms with Crippen molar-refractivity contribution in [2.75, 3.05) is 13.2 Å².